The van der Waals surface area contributed by atoms with Crippen LogP contribution < -0.4 is 0 Å². The van der Waals surface area contributed by atoms with Crippen LogP contribution in [0.15, 0.2) is 10.7 Å². The van der Waals surface area contributed by atoms with Crippen LogP contribution in [0.1, 0.15) is 42.8 Å². The summed E-state index contributed by atoms with van der Waals surface area (Å²) in [5.74, 6) is 0.805. The van der Waals surface area contributed by atoms with Crippen molar-refractivity contribution < 1.29 is 0 Å². The lowest BCUT2D eigenvalue weighted by molar-refractivity contribution is 0.273. The summed E-state index contributed by atoms with van der Waals surface area (Å²) >= 11 is 3.71. The van der Waals surface area contributed by atoms with Gasteiger partial charge < -0.3 is 0 Å². The molecule has 3 rings (SSSR count). The van der Waals surface area contributed by atoms with Crippen LogP contribution in [0.4, 0.5) is 0 Å². The van der Waals surface area contributed by atoms with Crippen molar-refractivity contribution in [2.24, 2.45) is 0 Å². The summed E-state index contributed by atoms with van der Waals surface area (Å²) in [5.41, 5.74) is 3.30. The van der Waals surface area contributed by atoms with Gasteiger partial charge in [-0.2, -0.15) is 0 Å². The fourth-order valence-corrected chi connectivity index (χ4v) is 3.64. The van der Waals surface area contributed by atoms with Crippen LogP contribution >= 0.6 is 15.9 Å². The molecule has 0 unspecified atom stereocenters. The molecular formula is C15H21BrN4. The maximum atomic E-state index is 4.72. The van der Waals surface area contributed by atoms with Gasteiger partial charge in [-0.25, -0.2) is 9.97 Å². The average Bonchev–Trinajstić information content (AvgIpc) is 2.59. The van der Waals surface area contributed by atoms with Gasteiger partial charge in [0.1, 0.15) is 4.60 Å². The molecule has 1 aliphatic heterocycles. The molecule has 0 bridgehead atoms. The predicted molar refractivity (Wildman–Crippen MR) is 83.9 cm³/mol. The number of rotatable bonds is 2. The van der Waals surface area contributed by atoms with E-state index in [-0.39, 0.29) is 0 Å². The van der Waals surface area contributed by atoms with E-state index >= 15 is 0 Å². The van der Waals surface area contributed by atoms with Crippen molar-refractivity contribution in [1.82, 2.24) is 19.3 Å². The molecule has 2 aromatic rings. The van der Waals surface area contributed by atoms with Gasteiger partial charge in [0, 0.05) is 17.9 Å². The Balaban J connectivity index is 1.91. The second kappa shape index (κ2) is 5.82. The molecule has 1 aliphatic rings. The molecule has 0 atom stereocenters. The van der Waals surface area contributed by atoms with Crippen LogP contribution in [0, 0.1) is 13.8 Å². The van der Waals surface area contributed by atoms with Crippen molar-refractivity contribution >= 4 is 21.7 Å². The fourth-order valence-electron chi connectivity index (χ4n) is 2.98. The molecule has 0 saturated carbocycles. The second-order valence-corrected chi connectivity index (χ2v) is 6.47. The Bertz CT molecular complexity index is 612. The first-order chi connectivity index (χ1) is 9.65. The number of hydrogen-bond donors (Lipinski definition) is 0. The van der Waals surface area contributed by atoms with Crippen molar-refractivity contribution in [2.45, 2.75) is 46.1 Å². The molecule has 1 saturated heterocycles. The number of imidazole rings is 1. The van der Waals surface area contributed by atoms with Gasteiger partial charge in [-0.15, -0.1) is 0 Å². The number of hydrogen-bond acceptors (Lipinski definition) is 3. The highest BCUT2D eigenvalue weighted by molar-refractivity contribution is 9.10. The first-order valence-corrected chi connectivity index (χ1v) is 8.18. The maximum absolute atomic E-state index is 4.72. The second-order valence-electron chi connectivity index (χ2n) is 5.71. The van der Waals surface area contributed by atoms with Gasteiger partial charge in [0.15, 0.2) is 0 Å². The normalized spacial score (nSPS) is 17.6. The number of aryl methyl sites for hydroxylation is 2. The number of halogens is 1. The van der Waals surface area contributed by atoms with E-state index in [9.17, 15) is 0 Å². The van der Waals surface area contributed by atoms with Crippen molar-refractivity contribution in [3.63, 3.8) is 0 Å². The molecule has 20 heavy (non-hydrogen) atoms. The third-order valence-corrected chi connectivity index (χ3v) is 4.80. The average molecular weight is 337 g/mol. The summed E-state index contributed by atoms with van der Waals surface area (Å²) in [5, 5.41) is 0. The van der Waals surface area contributed by atoms with Gasteiger partial charge in [0.25, 0.3) is 0 Å². The lowest BCUT2D eigenvalue weighted by Crippen LogP contribution is -2.24. The van der Waals surface area contributed by atoms with E-state index < -0.39 is 0 Å². The molecule has 2 aromatic heterocycles. The minimum absolute atomic E-state index is 0.805. The minimum atomic E-state index is 0.805. The van der Waals surface area contributed by atoms with E-state index in [1.165, 1.54) is 44.5 Å². The first-order valence-electron chi connectivity index (χ1n) is 7.38. The molecule has 0 aromatic carbocycles. The van der Waals surface area contributed by atoms with E-state index in [4.69, 9.17) is 4.98 Å². The number of aromatic nitrogens is 3. The summed E-state index contributed by atoms with van der Waals surface area (Å²) in [7, 11) is 0. The zero-order valence-electron chi connectivity index (χ0n) is 12.2. The van der Waals surface area contributed by atoms with Crippen molar-refractivity contribution in [3.05, 3.63) is 27.8 Å². The SMILES string of the molecule is Cc1cc(C)n2c(Br)c(CN3CCCCCC3)nc2n1. The molecule has 5 heteroatoms. The third-order valence-electron chi connectivity index (χ3n) is 3.99. The van der Waals surface area contributed by atoms with Crippen LogP contribution in [-0.2, 0) is 6.54 Å². The van der Waals surface area contributed by atoms with Crippen LogP contribution in [-0.4, -0.2) is 32.4 Å². The summed E-state index contributed by atoms with van der Waals surface area (Å²) < 4.78 is 3.15. The number of fused-ring (bicyclic) bond motifs is 1. The van der Waals surface area contributed by atoms with Crippen molar-refractivity contribution in [1.29, 1.82) is 0 Å². The fraction of sp³-hybridized carbons (Fsp3) is 0.600. The monoisotopic (exact) mass is 336 g/mol. The maximum Gasteiger partial charge on any atom is 0.235 e. The van der Waals surface area contributed by atoms with Gasteiger partial charge in [-0.3, -0.25) is 9.30 Å². The lowest BCUT2D eigenvalue weighted by Gasteiger charge is -2.18. The van der Waals surface area contributed by atoms with E-state index in [1.54, 1.807) is 0 Å². The minimum Gasteiger partial charge on any atom is -0.297 e. The lowest BCUT2D eigenvalue weighted by atomic mass is 10.2. The summed E-state index contributed by atoms with van der Waals surface area (Å²) in [6, 6.07) is 2.09. The van der Waals surface area contributed by atoms with Crippen LogP contribution in [0.5, 0.6) is 0 Å². The summed E-state index contributed by atoms with van der Waals surface area (Å²) in [4.78, 5) is 11.8. The molecule has 108 valence electrons. The highest BCUT2D eigenvalue weighted by atomic mass is 79.9. The van der Waals surface area contributed by atoms with Gasteiger partial charge >= 0.3 is 0 Å². The quantitative estimate of drug-likeness (QED) is 0.841. The molecule has 0 spiro atoms. The van der Waals surface area contributed by atoms with Crippen molar-refractivity contribution in [3.8, 4) is 0 Å². The molecule has 0 N–H and O–H groups in total. The van der Waals surface area contributed by atoms with Gasteiger partial charge in [0.2, 0.25) is 5.78 Å². The topological polar surface area (TPSA) is 33.4 Å². The van der Waals surface area contributed by atoms with Gasteiger partial charge in [-0.05, 0) is 61.8 Å². The predicted octanol–water partition coefficient (Wildman–Crippen LogP) is 3.48. The Morgan fingerprint density at radius 3 is 2.50 bits per heavy atom. The van der Waals surface area contributed by atoms with Crippen LogP contribution in [0.25, 0.3) is 5.78 Å². The standard InChI is InChI=1S/C15H21BrN4/c1-11-9-12(2)20-14(16)13(18-15(20)17-11)10-19-7-5-3-4-6-8-19/h9H,3-8,10H2,1-2H3. The molecule has 0 radical (unpaired) electrons. The van der Waals surface area contributed by atoms with E-state index in [1.807, 2.05) is 6.92 Å². The van der Waals surface area contributed by atoms with Gasteiger partial charge in [0.05, 0.1) is 5.69 Å². The van der Waals surface area contributed by atoms with E-state index in [0.29, 0.717) is 0 Å². The van der Waals surface area contributed by atoms with E-state index in [0.717, 1.165) is 28.3 Å². The summed E-state index contributed by atoms with van der Waals surface area (Å²) in [6.45, 7) is 7.41. The number of likely N-dealkylation sites (tertiary alicyclic amines) is 1. The first kappa shape index (κ1) is 14.0. The van der Waals surface area contributed by atoms with Crippen LogP contribution in [0.2, 0.25) is 0 Å². The molecule has 1 fully saturated rings. The van der Waals surface area contributed by atoms with Crippen molar-refractivity contribution in [2.75, 3.05) is 13.1 Å². The zero-order valence-corrected chi connectivity index (χ0v) is 13.8. The van der Waals surface area contributed by atoms with Crippen LogP contribution in [0.3, 0.4) is 0 Å². The highest BCUT2D eigenvalue weighted by Crippen LogP contribution is 2.23. The van der Waals surface area contributed by atoms with E-state index in [2.05, 4.69) is 43.2 Å². The third kappa shape index (κ3) is 2.74. The Morgan fingerprint density at radius 1 is 1.10 bits per heavy atom. The summed E-state index contributed by atoms with van der Waals surface area (Å²) in [6.07, 6.45) is 5.34. The number of nitrogens with zero attached hydrogens (tertiary/aromatic N) is 4. The smallest absolute Gasteiger partial charge is 0.235 e. The molecule has 0 aliphatic carbocycles. The highest BCUT2D eigenvalue weighted by Gasteiger charge is 2.17. The molecule has 3 heterocycles. The Kier molecular flexibility index (Phi) is 4.08. The molecular weight excluding hydrogens is 316 g/mol. The molecule has 4 nitrogen and oxygen atoms in total. The van der Waals surface area contributed by atoms with Gasteiger partial charge in [-0.1, -0.05) is 12.8 Å². The Hall–Kier alpha value is -0.940. The zero-order chi connectivity index (χ0) is 14.1. The molecule has 0 amide bonds. The Morgan fingerprint density at radius 2 is 1.80 bits per heavy atom. The Labute approximate surface area is 128 Å². The largest absolute Gasteiger partial charge is 0.297 e.